The first-order valence-electron chi connectivity index (χ1n) is 5.64. The third-order valence-electron chi connectivity index (χ3n) is 3.02. The average Bonchev–Trinajstić information content (AvgIpc) is 2.67. The minimum absolute atomic E-state index is 0.104. The van der Waals surface area contributed by atoms with E-state index in [9.17, 15) is 13.2 Å². The van der Waals surface area contributed by atoms with E-state index in [0.717, 1.165) is 0 Å². The van der Waals surface area contributed by atoms with Crippen LogP contribution in [-0.2, 0) is 15.0 Å². The molecule has 0 spiro atoms. The normalized spacial score (nSPS) is 27.2. The minimum atomic E-state index is -3.86. The second-order valence-electron chi connectivity index (χ2n) is 4.89. The van der Waals surface area contributed by atoms with Gasteiger partial charge in [0, 0.05) is 32.2 Å². The van der Waals surface area contributed by atoms with Crippen LogP contribution in [0.25, 0.3) is 0 Å². The Kier molecular flexibility index (Phi) is 4.34. The lowest BCUT2D eigenvalue weighted by Gasteiger charge is -2.26. The Morgan fingerprint density at radius 3 is 2.50 bits per heavy atom. The summed E-state index contributed by atoms with van der Waals surface area (Å²) in [4.78, 5) is 11.7. The van der Waals surface area contributed by atoms with Crippen molar-refractivity contribution in [3.05, 3.63) is 0 Å². The molecule has 0 aliphatic carbocycles. The third kappa shape index (κ3) is 2.98. The molecule has 0 saturated carbocycles. The van der Waals surface area contributed by atoms with Crippen molar-refractivity contribution in [2.24, 2.45) is 17.2 Å². The zero-order valence-electron chi connectivity index (χ0n) is 10.7. The monoisotopic (exact) mass is 279 g/mol. The second-order valence-corrected chi connectivity index (χ2v) is 6.85. The zero-order valence-corrected chi connectivity index (χ0v) is 11.5. The van der Waals surface area contributed by atoms with E-state index in [1.807, 2.05) is 0 Å². The van der Waals surface area contributed by atoms with Crippen LogP contribution in [0.4, 0.5) is 0 Å². The Hall–Kier alpha value is -0.740. The number of rotatable bonds is 4. The van der Waals surface area contributed by atoms with Gasteiger partial charge in [0.15, 0.2) is 0 Å². The molecule has 1 fully saturated rings. The number of hydrogen-bond donors (Lipinski definition) is 3. The Bertz CT molecular complexity index is 422. The van der Waals surface area contributed by atoms with E-state index in [2.05, 4.69) is 0 Å². The topological polar surface area (TPSA) is 136 Å². The van der Waals surface area contributed by atoms with Gasteiger partial charge in [0.25, 0.3) is 5.91 Å². The molecule has 1 heterocycles. The van der Waals surface area contributed by atoms with Gasteiger partial charge in [0.2, 0.25) is 0 Å². The Morgan fingerprint density at radius 1 is 1.56 bits per heavy atom. The van der Waals surface area contributed by atoms with Gasteiger partial charge in [-0.1, -0.05) is 0 Å². The molecule has 106 valence electrons. The molecule has 0 aromatic heterocycles. The smallest absolute Gasteiger partial charge is 0.306 e. The summed E-state index contributed by atoms with van der Waals surface area (Å²) in [5.74, 6) is -0.719. The van der Waals surface area contributed by atoms with Gasteiger partial charge in [-0.3, -0.25) is 4.79 Å². The lowest BCUT2D eigenvalue weighted by Crippen LogP contribution is -2.52. The van der Waals surface area contributed by atoms with Gasteiger partial charge in [-0.2, -0.15) is 12.7 Å². The van der Waals surface area contributed by atoms with E-state index in [-0.39, 0.29) is 13.1 Å². The van der Waals surface area contributed by atoms with Crippen molar-refractivity contribution in [2.75, 3.05) is 26.7 Å². The predicted octanol–water partition coefficient (Wildman–Crippen LogP) is -2.60. The van der Waals surface area contributed by atoms with Crippen LogP contribution in [0.3, 0.4) is 0 Å². The number of amides is 1. The molecular formula is C9H21N5O3S. The molecule has 9 heteroatoms. The lowest BCUT2D eigenvalue weighted by atomic mass is 10.0. The maximum Gasteiger partial charge on any atom is 0.306 e. The fraction of sp³-hybridized carbons (Fsp3) is 0.889. The van der Waals surface area contributed by atoms with E-state index in [1.54, 1.807) is 6.92 Å². The highest BCUT2D eigenvalue weighted by molar-refractivity contribution is 7.87. The third-order valence-corrected chi connectivity index (χ3v) is 4.86. The van der Waals surface area contributed by atoms with E-state index in [0.29, 0.717) is 17.3 Å². The summed E-state index contributed by atoms with van der Waals surface area (Å²) in [6.07, 6.45) is 0.553. The summed E-state index contributed by atoms with van der Waals surface area (Å²) in [6, 6.07) is -1.02. The number of likely N-dealkylation sites (N-methyl/N-ethyl adjacent to an activating group) is 1. The number of nitrogens with two attached hydrogens (primary N) is 3. The SMILES string of the molecule is CN(C(=O)C(N)CN)S(=O)(=O)N1CC[C@@](C)(N)C1. The van der Waals surface area contributed by atoms with Crippen LogP contribution in [0.5, 0.6) is 0 Å². The van der Waals surface area contributed by atoms with Gasteiger partial charge in [-0.25, -0.2) is 4.31 Å². The van der Waals surface area contributed by atoms with Crippen LogP contribution in [-0.4, -0.2) is 61.2 Å². The summed E-state index contributed by atoms with van der Waals surface area (Å²) in [7, 11) is -2.68. The van der Waals surface area contributed by atoms with E-state index < -0.39 is 27.7 Å². The molecule has 0 aromatic rings. The van der Waals surface area contributed by atoms with Gasteiger partial charge in [-0.05, 0) is 13.3 Å². The summed E-state index contributed by atoms with van der Waals surface area (Å²) in [6.45, 7) is 2.15. The van der Waals surface area contributed by atoms with Crippen LogP contribution in [0.1, 0.15) is 13.3 Å². The Labute approximate surface area is 107 Å². The van der Waals surface area contributed by atoms with Crippen LogP contribution in [0.2, 0.25) is 0 Å². The molecule has 8 nitrogen and oxygen atoms in total. The van der Waals surface area contributed by atoms with Gasteiger partial charge in [0.1, 0.15) is 0 Å². The van der Waals surface area contributed by atoms with E-state index >= 15 is 0 Å². The van der Waals surface area contributed by atoms with Crippen molar-refractivity contribution >= 4 is 16.1 Å². The van der Waals surface area contributed by atoms with Gasteiger partial charge >= 0.3 is 10.2 Å². The zero-order chi connectivity index (χ0) is 14.1. The van der Waals surface area contributed by atoms with Gasteiger partial charge < -0.3 is 17.2 Å². The molecular weight excluding hydrogens is 258 g/mol. The number of carbonyl (C=O) groups excluding carboxylic acids is 1. The summed E-state index contributed by atoms with van der Waals surface area (Å²) in [5, 5.41) is 0. The highest BCUT2D eigenvalue weighted by Gasteiger charge is 2.40. The van der Waals surface area contributed by atoms with Crippen molar-refractivity contribution in [3.8, 4) is 0 Å². The predicted molar refractivity (Wildman–Crippen MR) is 67.5 cm³/mol. The van der Waals surface area contributed by atoms with E-state index in [4.69, 9.17) is 17.2 Å². The highest BCUT2D eigenvalue weighted by Crippen LogP contribution is 2.22. The number of hydrogen-bond acceptors (Lipinski definition) is 6. The maximum atomic E-state index is 12.2. The van der Waals surface area contributed by atoms with Crippen molar-refractivity contribution in [3.63, 3.8) is 0 Å². The highest BCUT2D eigenvalue weighted by atomic mass is 32.2. The molecule has 0 radical (unpaired) electrons. The second kappa shape index (κ2) is 5.10. The largest absolute Gasteiger partial charge is 0.328 e. The summed E-state index contributed by atoms with van der Waals surface area (Å²) < 4.78 is 26.2. The van der Waals surface area contributed by atoms with Crippen molar-refractivity contribution in [1.82, 2.24) is 8.61 Å². The number of nitrogens with zero attached hydrogens (tertiary/aromatic N) is 2. The first kappa shape index (κ1) is 15.3. The average molecular weight is 279 g/mol. The van der Waals surface area contributed by atoms with E-state index in [1.165, 1.54) is 11.4 Å². The number of carbonyl (C=O) groups is 1. The standard InChI is InChI=1S/C9H21N5O3S/c1-9(12)3-4-14(6-9)18(16,17)13(2)8(15)7(11)5-10/h7H,3-6,10-12H2,1-2H3/t7?,9-/m1/s1. The van der Waals surface area contributed by atoms with Gasteiger partial charge in [0.05, 0.1) is 6.04 Å². The molecule has 1 saturated heterocycles. The molecule has 6 N–H and O–H groups in total. The van der Waals surface area contributed by atoms with Crippen LogP contribution >= 0.6 is 0 Å². The molecule has 1 rings (SSSR count). The molecule has 1 unspecified atom stereocenters. The molecule has 1 amide bonds. The lowest BCUT2D eigenvalue weighted by molar-refractivity contribution is -0.126. The minimum Gasteiger partial charge on any atom is -0.328 e. The van der Waals surface area contributed by atoms with Crippen LogP contribution < -0.4 is 17.2 Å². The molecule has 1 aliphatic rings. The molecule has 2 atom stereocenters. The first-order chi connectivity index (χ1) is 8.12. The first-order valence-corrected chi connectivity index (χ1v) is 7.04. The quantitative estimate of drug-likeness (QED) is 0.516. The van der Waals surface area contributed by atoms with Crippen molar-refractivity contribution in [1.29, 1.82) is 0 Å². The van der Waals surface area contributed by atoms with Crippen molar-refractivity contribution < 1.29 is 13.2 Å². The molecule has 0 aromatic carbocycles. The van der Waals surface area contributed by atoms with Gasteiger partial charge in [-0.15, -0.1) is 0 Å². The molecule has 18 heavy (non-hydrogen) atoms. The molecule has 0 bridgehead atoms. The fourth-order valence-electron chi connectivity index (χ4n) is 1.76. The van der Waals surface area contributed by atoms with Crippen molar-refractivity contribution in [2.45, 2.75) is 24.9 Å². The summed E-state index contributed by atoms with van der Waals surface area (Å²) >= 11 is 0. The Morgan fingerprint density at radius 2 is 2.11 bits per heavy atom. The Balaban J connectivity index is 2.85. The summed E-state index contributed by atoms with van der Waals surface area (Å²) in [5.41, 5.74) is 16.0. The van der Waals surface area contributed by atoms with Crippen LogP contribution in [0.15, 0.2) is 0 Å². The molecule has 1 aliphatic heterocycles. The fourth-order valence-corrected chi connectivity index (χ4v) is 3.25. The maximum absolute atomic E-state index is 12.2. The van der Waals surface area contributed by atoms with Crippen LogP contribution in [0, 0.1) is 0 Å².